The Morgan fingerprint density at radius 3 is 2.00 bits per heavy atom. The molecule has 7 nitrogen and oxygen atoms in total. The van der Waals surface area contributed by atoms with E-state index in [4.69, 9.17) is 4.74 Å². The van der Waals surface area contributed by atoms with E-state index in [1.54, 1.807) is 36.4 Å². The number of hydrogen-bond acceptors (Lipinski definition) is 4. The summed E-state index contributed by atoms with van der Waals surface area (Å²) in [5.74, 6) is 0.831. The Hall–Kier alpha value is -4.13. The van der Waals surface area contributed by atoms with Crippen LogP contribution < -0.4 is 10.1 Å². The molecule has 2 N–H and O–H groups in total. The number of para-hydroxylation sites is 1. The van der Waals surface area contributed by atoms with Crippen molar-refractivity contribution in [1.82, 2.24) is 10.2 Å². The van der Waals surface area contributed by atoms with Gasteiger partial charge in [-0.2, -0.15) is 0 Å². The smallest absolute Gasteiger partial charge is 0.405 e. The van der Waals surface area contributed by atoms with Crippen LogP contribution in [0.15, 0.2) is 78.9 Å². The summed E-state index contributed by atoms with van der Waals surface area (Å²) in [5.41, 5.74) is 1.69. The Labute approximate surface area is 191 Å². The molecular weight excluding hydrogens is 420 g/mol. The molecule has 7 heteroatoms. The highest BCUT2D eigenvalue weighted by Crippen LogP contribution is 2.27. The molecule has 1 aliphatic rings. The summed E-state index contributed by atoms with van der Waals surface area (Å²) in [6, 6.07) is 23.1. The zero-order valence-corrected chi connectivity index (χ0v) is 17.9. The molecule has 33 heavy (non-hydrogen) atoms. The highest BCUT2D eigenvalue weighted by molar-refractivity contribution is 6.21. The topological polar surface area (TPSA) is 95.9 Å². The lowest BCUT2D eigenvalue weighted by Gasteiger charge is -2.19. The summed E-state index contributed by atoms with van der Waals surface area (Å²) in [5, 5.41) is 11.8. The highest BCUT2D eigenvalue weighted by atomic mass is 16.5. The number of carbonyl (C=O) groups is 3. The fourth-order valence-corrected chi connectivity index (χ4v) is 3.92. The van der Waals surface area contributed by atoms with E-state index in [2.05, 4.69) is 5.32 Å². The van der Waals surface area contributed by atoms with E-state index in [1.165, 1.54) is 4.90 Å². The number of amides is 3. The second-order valence-corrected chi connectivity index (χ2v) is 7.79. The average Bonchev–Trinajstić information content (AvgIpc) is 3.07. The minimum absolute atomic E-state index is 0.273. The molecule has 0 aromatic heterocycles. The first-order valence-electron chi connectivity index (χ1n) is 10.8. The first-order valence-corrected chi connectivity index (χ1v) is 10.8. The van der Waals surface area contributed by atoms with Crippen molar-refractivity contribution < 1.29 is 24.2 Å². The van der Waals surface area contributed by atoms with E-state index in [0.29, 0.717) is 42.7 Å². The minimum Gasteiger partial charge on any atom is -0.465 e. The number of carbonyl (C=O) groups excluding carboxylic acids is 2. The van der Waals surface area contributed by atoms with Crippen molar-refractivity contribution in [2.45, 2.75) is 25.3 Å². The number of nitrogens with zero attached hydrogens (tertiary/aromatic N) is 1. The molecule has 3 aromatic carbocycles. The van der Waals surface area contributed by atoms with Gasteiger partial charge in [-0.3, -0.25) is 14.5 Å². The van der Waals surface area contributed by atoms with Gasteiger partial charge in [-0.15, -0.1) is 0 Å². The van der Waals surface area contributed by atoms with Gasteiger partial charge < -0.3 is 15.2 Å². The van der Waals surface area contributed by atoms with Crippen LogP contribution in [0, 0.1) is 0 Å². The number of rotatable bonds is 9. The Bertz CT molecular complexity index is 1110. The Balaban J connectivity index is 1.33. The third-order valence-corrected chi connectivity index (χ3v) is 5.56. The number of nitrogens with one attached hydrogen (secondary N) is 1. The van der Waals surface area contributed by atoms with Gasteiger partial charge in [0.05, 0.1) is 17.2 Å². The van der Waals surface area contributed by atoms with Crippen LogP contribution in [-0.4, -0.2) is 34.5 Å². The van der Waals surface area contributed by atoms with E-state index in [-0.39, 0.29) is 11.8 Å². The Morgan fingerprint density at radius 1 is 0.818 bits per heavy atom. The van der Waals surface area contributed by atoms with Gasteiger partial charge in [-0.25, -0.2) is 4.79 Å². The lowest BCUT2D eigenvalue weighted by molar-refractivity contribution is 0.0651. The van der Waals surface area contributed by atoms with Crippen molar-refractivity contribution in [2.24, 2.45) is 0 Å². The maximum atomic E-state index is 12.5. The van der Waals surface area contributed by atoms with Crippen molar-refractivity contribution in [3.8, 4) is 11.5 Å². The van der Waals surface area contributed by atoms with Crippen LogP contribution in [0.2, 0.25) is 0 Å². The van der Waals surface area contributed by atoms with Gasteiger partial charge in [0, 0.05) is 6.54 Å². The van der Waals surface area contributed by atoms with Gasteiger partial charge in [0.25, 0.3) is 11.8 Å². The Morgan fingerprint density at radius 2 is 1.39 bits per heavy atom. The fourth-order valence-electron chi connectivity index (χ4n) is 3.92. The van der Waals surface area contributed by atoms with Crippen LogP contribution in [-0.2, 0) is 0 Å². The summed E-state index contributed by atoms with van der Waals surface area (Å²) in [6.07, 6.45) is 0.651. The number of carboxylic acid groups (broad SMARTS) is 1. The molecular formula is C26H24N2O5. The van der Waals surface area contributed by atoms with Gasteiger partial charge in [-0.05, 0) is 61.2 Å². The second-order valence-electron chi connectivity index (χ2n) is 7.79. The van der Waals surface area contributed by atoms with Crippen molar-refractivity contribution in [3.05, 3.63) is 95.6 Å². The van der Waals surface area contributed by atoms with Crippen LogP contribution >= 0.6 is 0 Å². The first-order chi connectivity index (χ1) is 16.0. The van der Waals surface area contributed by atoms with E-state index < -0.39 is 12.1 Å². The van der Waals surface area contributed by atoms with E-state index in [9.17, 15) is 19.5 Å². The van der Waals surface area contributed by atoms with Gasteiger partial charge in [0.1, 0.15) is 11.5 Å². The molecule has 0 radical (unpaired) electrons. The molecule has 0 fully saturated rings. The standard InChI is InChI=1S/C26H24N2O5/c29-24-21-10-4-5-11-22(21)25(30)28(24)17-7-6-12-23(27-26(31)32)18-13-15-20(16-14-18)33-19-8-2-1-3-9-19/h1-5,8-11,13-16,23,27H,6-7,12,17H2,(H,31,32). The molecule has 1 aliphatic heterocycles. The van der Waals surface area contributed by atoms with E-state index >= 15 is 0 Å². The van der Waals surface area contributed by atoms with Crippen LogP contribution in [0.1, 0.15) is 51.6 Å². The lowest BCUT2D eigenvalue weighted by Crippen LogP contribution is -2.31. The van der Waals surface area contributed by atoms with Gasteiger partial charge in [-0.1, -0.05) is 42.5 Å². The normalized spacial score (nSPS) is 13.5. The summed E-state index contributed by atoms with van der Waals surface area (Å²) in [4.78, 5) is 37.5. The Kier molecular flexibility index (Phi) is 6.69. The van der Waals surface area contributed by atoms with Gasteiger partial charge >= 0.3 is 6.09 Å². The predicted molar refractivity (Wildman–Crippen MR) is 123 cm³/mol. The molecule has 0 saturated carbocycles. The number of ether oxygens (including phenoxy) is 1. The molecule has 1 atom stereocenters. The number of hydrogen-bond donors (Lipinski definition) is 2. The zero-order valence-electron chi connectivity index (χ0n) is 17.9. The van der Waals surface area contributed by atoms with Crippen LogP contribution in [0.5, 0.6) is 11.5 Å². The van der Waals surface area contributed by atoms with Gasteiger partial charge in [0.2, 0.25) is 0 Å². The monoisotopic (exact) mass is 444 g/mol. The van der Waals surface area contributed by atoms with E-state index in [1.807, 2.05) is 42.5 Å². The first kappa shape index (κ1) is 22.1. The minimum atomic E-state index is -1.11. The molecule has 1 unspecified atom stereocenters. The number of imide groups is 1. The molecule has 1 heterocycles. The predicted octanol–water partition coefficient (Wildman–Crippen LogP) is 5.25. The number of fused-ring (bicyclic) bond motifs is 1. The molecule has 0 spiro atoms. The lowest BCUT2D eigenvalue weighted by atomic mass is 10.0. The largest absolute Gasteiger partial charge is 0.465 e. The quantitative estimate of drug-likeness (QED) is 0.347. The molecule has 168 valence electrons. The molecule has 0 bridgehead atoms. The molecule has 4 rings (SSSR count). The van der Waals surface area contributed by atoms with Crippen molar-refractivity contribution >= 4 is 17.9 Å². The summed E-state index contributed by atoms with van der Waals surface area (Å²) in [6.45, 7) is 0.302. The number of unbranched alkanes of at least 4 members (excludes halogenated alkanes) is 1. The second kappa shape index (κ2) is 9.99. The maximum Gasteiger partial charge on any atom is 0.405 e. The van der Waals surface area contributed by atoms with Crippen molar-refractivity contribution in [1.29, 1.82) is 0 Å². The fraction of sp³-hybridized carbons (Fsp3) is 0.192. The molecule has 0 saturated heterocycles. The maximum absolute atomic E-state index is 12.5. The van der Waals surface area contributed by atoms with Crippen LogP contribution in [0.25, 0.3) is 0 Å². The molecule has 0 aliphatic carbocycles. The van der Waals surface area contributed by atoms with Crippen LogP contribution in [0.4, 0.5) is 4.79 Å². The van der Waals surface area contributed by atoms with E-state index in [0.717, 1.165) is 11.3 Å². The SMILES string of the molecule is O=C(O)NC(CCCCN1C(=O)c2ccccc2C1=O)c1ccc(Oc2ccccc2)cc1. The molecule has 3 aromatic rings. The average molecular weight is 444 g/mol. The number of benzene rings is 3. The van der Waals surface area contributed by atoms with Gasteiger partial charge in [0.15, 0.2) is 0 Å². The molecule has 3 amide bonds. The highest BCUT2D eigenvalue weighted by Gasteiger charge is 2.34. The van der Waals surface area contributed by atoms with Crippen molar-refractivity contribution in [2.75, 3.05) is 6.54 Å². The third-order valence-electron chi connectivity index (χ3n) is 5.56. The summed E-state index contributed by atoms with van der Waals surface area (Å²) >= 11 is 0. The van der Waals surface area contributed by atoms with Crippen molar-refractivity contribution in [3.63, 3.8) is 0 Å². The summed E-state index contributed by atoms with van der Waals surface area (Å²) in [7, 11) is 0. The zero-order chi connectivity index (χ0) is 23.2. The van der Waals surface area contributed by atoms with Crippen LogP contribution in [0.3, 0.4) is 0 Å². The third kappa shape index (κ3) is 5.20. The summed E-state index contributed by atoms with van der Waals surface area (Å²) < 4.78 is 5.79.